The van der Waals surface area contributed by atoms with Crippen LogP contribution in [-0.4, -0.2) is 18.7 Å². The quantitative estimate of drug-likeness (QED) is 0.481. The van der Waals surface area contributed by atoms with E-state index in [9.17, 15) is 9.59 Å². The first-order valence-corrected chi connectivity index (χ1v) is 10.6. The fraction of sp³-hybridized carbons (Fsp3) is 0.214. The average molecular weight is 408 g/mol. The second kappa shape index (κ2) is 6.52. The second-order valence-corrected chi connectivity index (χ2v) is 9.37. The fourth-order valence-corrected chi connectivity index (χ4v) is 5.31. The van der Waals surface area contributed by atoms with Crippen LogP contribution < -0.4 is 4.90 Å². The van der Waals surface area contributed by atoms with Gasteiger partial charge in [0.25, 0.3) is 0 Å². The molecular formula is C28H25NO2. The largest absolute Gasteiger partial charge is 0.313 e. The Morgan fingerprint density at radius 2 is 1.32 bits per heavy atom. The molecule has 3 aromatic rings. The Hall–Kier alpha value is -3.46. The van der Waals surface area contributed by atoms with Crippen molar-refractivity contribution in [3.8, 4) is 0 Å². The second-order valence-electron chi connectivity index (χ2n) is 9.37. The van der Waals surface area contributed by atoms with E-state index in [-0.39, 0.29) is 17.1 Å². The first kappa shape index (κ1) is 19.5. The van der Waals surface area contributed by atoms with Crippen molar-refractivity contribution in [2.75, 3.05) is 11.9 Å². The number of hydrogen-bond acceptors (Lipinski definition) is 2. The predicted molar refractivity (Wildman–Crippen MR) is 125 cm³/mol. The van der Waals surface area contributed by atoms with Gasteiger partial charge in [-0.2, -0.15) is 0 Å². The number of ketones is 1. The molecule has 1 amide bonds. The summed E-state index contributed by atoms with van der Waals surface area (Å²) in [5.41, 5.74) is 4.17. The standard InChI is InChI=1S/C28H25NO2/c1-27(2,3)24-19-14-8-10-16-21(19)28(23(24)18-12-6-5-7-13-18)25(30)20-15-9-11-17-22(20)29(4)26(28)31/h5-17H,1-4H3/t28-/m0/s1. The number of para-hydroxylation sites is 1. The van der Waals surface area contributed by atoms with Crippen molar-refractivity contribution >= 4 is 28.5 Å². The Labute approximate surface area is 183 Å². The molecule has 1 heterocycles. The van der Waals surface area contributed by atoms with Gasteiger partial charge in [0.05, 0.1) is 5.69 Å². The molecule has 0 fully saturated rings. The molecule has 0 saturated carbocycles. The molecule has 0 aromatic heterocycles. The van der Waals surface area contributed by atoms with E-state index in [0.717, 1.165) is 27.8 Å². The Morgan fingerprint density at radius 1 is 0.742 bits per heavy atom. The smallest absolute Gasteiger partial charge is 0.249 e. The highest BCUT2D eigenvalue weighted by Crippen LogP contribution is 2.59. The third-order valence-corrected chi connectivity index (χ3v) is 6.51. The zero-order valence-electron chi connectivity index (χ0n) is 18.3. The SMILES string of the molecule is CN1C(=O)[C@]2(C(=O)c3ccccc31)C(c1ccccc1)=C(C(C)(C)C)c1ccccc12. The third kappa shape index (κ3) is 2.46. The van der Waals surface area contributed by atoms with Gasteiger partial charge in [-0.1, -0.05) is 87.5 Å². The molecule has 1 aliphatic carbocycles. The van der Waals surface area contributed by atoms with Crippen molar-refractivity contribution < 1.29 is 9.59 Å². The van der Waals surface area contributed by atoms with E-state index in [1.807, 2.05) is 72.8 Å². The molecule has 5 rings (SSSR count). The maximum absolute atomic E-state index is 14.3. The minimum Gasteiger partial charge on any atom is -0.313 e. The third-order valence-electron chi connectivity index (χ3n) is 6.51. The number of anilines is 1. The van der Waals surface area contributed by atoms with Crippen LogP contribution in [0.5, 0.6) is 0 Å². The van der Waals surface area contributed by atoms with Gasteiger partial charge in [-0.05, 0) is 45.4 Å². The summed E-state index contributed by atoms with van der Waals surface area (Å²) in [6, 6.07) is 25.2. The van der Waals surface area contributed by atoms with Crippen molar-refractivity contribution in [1.82, 2.24) is 0 Å². The van der Waals surface area contributed by atoms with Crippen LogP contribution in [-0.2, 0) is 10.2 Å². The number of amides is 1. The molecule has 0 bridgehead atoms. The van der Waals surface area contributed by atoms with Crippen molar-refractivity contribution in [1.29, 1.82) is 0 Å². The molecule has 2 aliphatic rings. The Morgan fingerprint density at radius 3 is 2.00 bits per heavy atom. The molecule has 154 valence electrons. The Balaban J connectivity index is 1.97. The number of Topliss-reactive ketones (excluding diaryl/α,β-unsaturated/α-hetero) is 1. The van der Waals surface area contributed by atoms with E-state index in [4.69, 9.17) is 0 Å². The van der Waals surface area contributed by atoms with E-state index in [2.05, 4.69) is 26.8 Å². The number of allylic oxidation sites excluding steroid dienone is 1. The van der Waals surface area contributed by atoms with Gasteiger partial charge in [0.15, 0.2) is 11.2 Å². The minimum absolute atomic E-state index is 0.142. The lowest BCUT2D eigenvalue weighted by molar-refractivity contribution is -0.120. The van der Waals surface area contributed by atoms with Gasteiger partial charge in [0.2, 0.25) is 5.91 Å². The zero-order chi connectivity index (χ0) is 22.0. The first-order chi connectivity index (χ1) is 14.8. The van der Waals surface area contributed by atoms with Gasteiger partial charge in [-0.3, -0.25) is 9.59 Å². The molecule has 0 radical (unpaired) electrons. The summed E-state index contributed by atoms with van der Waals surface area (Å²) in [7, 11) is 1.77. The molecule has 1 atom stereocenters. The van der Waals surface area contributed by atoms with Crippen molar-refractivity contribution in [3.63, 3.8) is 0 Å². The highest BCUT2D eigenvalue weighted by molar-refractivity contribution is 6.38. The van der Waals surface area contributed by atoms with Crippen molar-refractivity contribution in [2.45, 2.75) is 26.2 Å². The van der Waals surface area contributed by atoms with Gasteiger partial charge < -0.3 is 4.90 Å². The van der Waals surface area contributed by atoms with Crippen LogP contribution in [0.2, 0.25) is 0 Å². The van der Waals surface area contributed by atoms with Gasteiger partial charge in [0.1, 0.15) is 0 Å². The summed E-state index contributed by atoms with van der Waals surface area (Å²) in [4.78, 5) is 30.2. The minimum atomic E-state index is -1.39. The number of carbonyl (C=O) groups is 2. The lowest BCUT2D eigenvalue weighted by Gasteiger charge is -2.40. The molecule has 0 unspecified atom stereocenters. The summed E-state index contributed by atoms with van der Waals surface area (Å²) in [6.45, 7) is 6.45. The van der Waals surface area contributed by atoms with Gasteiger partial charge in [-0.25, -0.2) is 0 Å². The molecule has 0 N–H and O–H groups in total. The van der Waals surface area contributed by atoms with E-state index < -0.39 is 5.41 Å². The molecule has 3 heteroatoms. The highest BCUT2D eigenvalue weighted by Gasteiger charge is 2.61. The maximum atomic E-state index is 14.3. The molecule has 31 heavy (non-hydrogen) atoms. The normalized spacial score (nSPS) is 20.3. The number of carbonyl (C=O) groups excluding carboxylic acids is 2. The number of fused-ring (bicyclic) bond motifs is 3. The lowest BCUT2D eigenvalue weighted by Crippen LogP contribution is -2.54. The van der Waals surface area contributed by atoms with Crippen LogP contribution in [0, 0.1) is 5.41 Å². The van der Waals surface area contributed by atoms with Crippen molar-refractivity contribution in [3.05, 3.63) is 101 Å². The van der Waals surface area contributed by atoms with E-state index in [1.54, 1.807) is 11.9 Å². The van der Waals surface area contributed by atoms with Crippen molar-refractivity contribution in [2.24, 2.45) is 5.41 Å². The maximum Gasteiger partial charge on any atom is 0.249 e. The molecule has 3 nitrogen and oxygen atoms in total. The van der Waals surface area contributed by atoms with E-state index >= 15 is 0 Å². The lowest BCUT2D eigenvalue weighted by atomic mass is 9.66. The first-order valence-electron chi connectivity index (χ1n) is 10.6. The van der Waals surface area contributed by atoms with E-state index in [0.29, 0.717) is 11.3 Å². The van der Waals surface area contributed by atoms with Gasteiger partial charge >= 0.3 is 0 Å². The van der Waals surface area contributed by atoms with Crippen LogP contribution in [0.25, 0.3) is 11.1 Å². The monoisotopic (exact) mass is 407 g/mol. The number of rotatable bonds is 1. The Bertz CT molecular complexity index is 1260. The predicted octanol–water partition coefficient (Wildman–Crippen LogP) is 5.75. The fourth-order valence-electron chi connectivity index (χ4n) is 5.31. The number of likely N-dealkylation sites (N-methyl/N-ethyl adjacent to an activating group) is 1. The number of hydrogen-bond donors (Lipinski definition) is 0. The molecule has 3 aromatic carbocycles. The topological polar surface area (TPSA) is 37.4 Å². The average Bonchev–Trinajstić information content (AvgIpc) is 3.09. The molecule has 0 saturated heterocycles. The summed E-state index contributed by atoms with van der Waals surface area (Å²) in [6.07, 6.45) is 0. The van der Waals surface area contributed by atoms with E-state index in [1.165, 1.54) is 0 Å². The van der Waals surface area contributed by atoms with Crippen LogP contribution >= 0.6 is 0 Å². The molecule has 1 spiro atoms. The number of nitrogens with zero attached hydrogens (tertiary/aromatic N) is 1. The van der Waals surface area contributed by atoms with Crippen LogP contribution in [0.15, 0.2) is 78.9 Å². The molecular weight excluding hydrogens is 382 g/mol. The molecule has 1 aliphatic heterocycles. The summed E-state index contributed by atoms with van der Waals surface area (Å²) < 4.78 is 0. The highest BCUT2D eigenvalue weighted by atomic mass is 16.2. The summed E-state index contributed by atoms with van der Waals surface area (Å²) in [5, 5.41) is 0. The summed E-state index contributed by atoms with van der Waals surface area (Å²) >= 11 is 0. The van der Waals surface area contributed by atoms with Gasteiger partial charge in [-0.15, -0.1) is 0 Å². The van der Waals surface area contributed by atoms with Crippen LogP contribution in [0.3, 0.4) is 0 Å². The zero-order valence-corrected chi connectivity index (χ0v) is 18.3. The summed E-state index contributed by atoms with van der Waals surface area (Å²) in [5.74, 6) is -0.335. The van der Waals surface area contributed by atoms with Crippen LogP contribution in [0.1, 0.15) is 47.8 Å². The van der Waals surface area contributed by atoms with Gasteiger partial charge in [0, 0.05) is 12.6 Å². The van der Waals surface area contributed by atoms with Crippen LogP contribution in [0.4, 0.5) is 5.69 Å². The Kier molecular flexibility index (Phi) is 4.10. The number of benzene rings is 3.